The Bertz CT molecular complexity index is 921. The number of aryl methyl sites for hydroxylation is 5. The summed E-state index contributed by atoms with van der Waals surface area (Å²) in [6.07, 6.45) is -1.43. The average molecular weight is 251 g/mol. The van der Waals surface area contributed by atoms with Crippen LogP contribution in [0.15, 0.2) is 30.5 Å². The molecule has 1 nitrogen and oxygen atoms in total. The maximum Gasteiger partial charge on any atom is 0.212 e. The van der Waals surface area contributed by atoms with Gasteiger partial charge in [-0.1, -0.05) is 12.9 Å². The SMILES string of the molecule is [2H]C([2H])([2H])c1ccc(-c2cc(C([2H])([2H])[2H])c(C([2H])([2H])C([2H])([2H])[2H])cc2C)[n+](C)c1. The molecule has 0 aliphatic carbocycles. The first-order valence-electron chi connectivity index (χ1n) is 11.0. The number of pyridine rings is 1. The molecule has 0 fully saturated rings. The van der Waals surface area contributed by atoms with Crippen LogP contribution in [0.2, 0.25) is 0 Å². The summed E-state index contributed by atoms with van der Waals surface area (Å²) in [5.41, 5.74) is 0.758. The predicted octanol–water partition coefficient (Wildman–Crippen LogP) is 3.67. The molecule has 0 N–H and O–H groups in total. The zero-order chi connectivity index (χ0) is 22.6. The number of aromatic nitrogens is 1. The van der Waals surface area contributed by atoms with Crippen LogP contribution in [0.4, 0.5) is 0 Å². The molecule has 18 heavy (non-hydrogen) atoms. The van der Waals surface area contributed by atoms with Crippen LogP contribution in [0.5, 0.6) is 0 Å². The van der Waals surface area contributed by atoms with Crippen molar-refractivity contribution in [3.05, 3.63) is 52.7 Å². The van der Waals surface area contributed by atoms with E-state index >= 15 is 0 Å². The molecule has 0 amide bonds. The topological polar surface area (TPSA) is 3.88 Å². The number of nitrogens with zero attached hydrogens (tertiary/aromatic N) is 1. The van der Waals surface area contributed by atoms with Gasteiger partial charge in [0.05, 0.1) is 0 Å². The van der Waals surface area contributed by atoms with Gasteiger partial charge in [0.15, 0.2) is 6.20 Å². The van der Waals surface area contributed by atoms with Crippen LogP contribution >= 0.6 is 0 Å². The largest absolute Gasteiger partial charge is 0.212 e. The van der Waals surface area contributed by atoms with Gasteiger partial charge in [-0.3, -0.25) is 0 Å². The fraction of sp³-hybridized carbons (Fsp3) is 0.353. The van der Waals surface area contributed by atoms with Crippen LogP contribution < -0.4 is 4.57 Å². The Kier molecular flexibility index (Phi) is 1.32. The van der Waals surface area contributed by atoms with Crippen molar-refractivity contribution in [1.82, 2.24) is 0 Å². The quantitative estimate of drug-likeness (QED) is 0.717. The molecular weight excluding hydrogens is 218 g/mol. The molecule has 2 rings (SSSR count). The van der Waals surface area contributed by atoms with E-state index in [4.69, 9.17) is 15.1 Å². The van der Waals surface area contributed by atoms with E-state index in [9.17, 15) is 0 Å². The lowest BCUT2D eigenvalue weighted by molar-refractivity contribution is -0.660. The maximum absolute atomic E-state index is 8.04. The van der Waals surface area contributed by atoms with Gasteiger partial charge in [0, 0.05) is 32.3 Å². The van der Waals surface area contributed by atoms with Gasteiger partial charge in [-0.2, -0.15) is 0 Å². The van der Waals surface area contributed by atoms with Crippen LogP contribution in [0.1, 0.15) is 44.2 Å². The third kappa shape index (κ3) is 2.31. The summed E-state index contributed by atoms with van der Waals surface area (Å²) in [5.74, 6) is 0. The first kappa shape index (κ1) is 4.80. The van der Waals surface area contributed by atoms with Crippen molar-refractivity contribution in [3.63, 3.8) is 0 Å². The van der Waals surface area contributed by atoms with E-state index in [0.717, 1.165) is 0 Å². The summed E-state index contributed by atoms with van der Waals surface area (Å²) in [6, 6.07) is 5.49. The minimum atomic E-state index is -3.05. The Morgan fingerprint density at radius 2 is 2.11 bits per heavy atom. The molecule has 1 aromatic heterocycles. The molecule has 94 valence electrons. The molecule has 1 aromatic carbocycles. The smallest absolute Gasteiger partial charge is 0.201 e. The van der Waals surface area contributed by atoms with Crippen molar-refractivity contribution >= 4 is 0 Å². The summed E-state index contributed by atoms with van der Waals surface area (Å²) in [7, 11) is 1.62. The van der Waals surface area contributed by atoms with Crippen LogP contribution in [0.3, 0.4) is 0 Å². The van der Waals surface area contributed by atoms with E-state index < -0.39 is 32.5 Å². The molecule has 0 atom stereocenters. The van der Waals surface area contributed by atoms with E-state index in [1.165, 1.54) is 24.4 Å². The molecule has 0 bridgehead atoms. The number of benzene rings is 1. The Morgan fingerprint density at radius 1 is 1.22 bits per heavy atom. The highest BCUT2D eigenvalue weighted by Crippen LogP contribution is 2.24. The minimum absolute atomic E-state index is 0.118. The summed E-state index contributed by atoms with van der Waals surface area (Å²) in [5, 5.41) is 0. The van der Waals surface area contributed by atoms with Gasteiger partial charge in [0.2, 0.25) is 5.69 Å². The van der Waals surface area contributed by atoms with Gasteiger partial charge < -0.3 is 0 Å². The molecule has 0 unspecified atom stereocenters. The van der Waals surface area contributed by atoms with Crippen molar-refractivity contribution in [1.29, 1.82) is 0 Å². The summed E-state index contributed by atoms with van der Waals surface area (Å²) < 4.78 is 86.0. The molecule has 2 aromatic rings. The summed E-state index contributed by atoms with van der Waals surface area (Å²) in [4.78, 5) is 0. The standard InChI is InChI=1S/C17H22N/c1-6-15-9-14(4)16(10-13(15)3)17-8-7-12(2)11-18(17)5/h7-11H,6H2,1-5H3/q+1/i1D3,2D3,3D3,6D2. The third-order valence-corrected chi connectivity index (χ3v) is 2.91. The lowest BCUT2D eigenvalue weighted by Crippen LogP contribution is -2.31. The first-order chi connectivity index (χ1) is 12.9. The molecule has 0 aliphatic heterocycles. The van der Waals surface area contributed by atoms with E-state index in [-0.39, 0.29) is 11.1 Å². The molecule has 0 radical (unpaired) electrons. The Hall–Kier alpha value is -1.63. The highest BCUT2D eigenvalue weighted by atomic mass is 14.9. The Labute approximate surface area is 126 Å². The zero-order valence-corrected chi connectivity index (χ0v) is 10.3. The third-order valence-electron chi connectivity index (χ3n) is 2.91. The molecule has 1 heteroatoms. The molecular formula is C17H22N+. The molecule has 1 heterocycles. The fourth-order valence-corrected chi connectivity index (χ4v) is 1.97. The van der Waals surface area contributed by atoms with Gasteiger partial charge in [0.25, 0.3) is 0 Å². The van der Waals surface area contributed by atoms with Crippen LogP contribution in [-0.2, 0) is 13.4 Å². The first-order valence-corrected chi connectivity index (χ1v) is 5.53. The number of hydrogen-bond donors (Lipinski definition) is 0. The van der Waals surface area contributed by atoms with Gasteiger partial charge in [-0.05, 0) is 55.8 Å². The normalized spacial score (nSPS) is 22.7. The highest BCUT2D eigenvalue weighted by molar-refractivity contribution is 5.63. The minimum Gasteiger partial charge on any atom is -0.201 e. The van der Waals surface area contributed by atoms with E-state index in [2.05, 4.69) is 0 Å². The summed E-state index contributed by atoms with van der Waals surface area (Å²) in [6.45, 7) is -6.47. The predicted molar refractivity (Wildman–Crippen MR) is 76.6 cm³/mol. The monoisotopic (exact) mass is 251 g/mol. The van der Waals surface area contributed by atoms with Gasteiger partial charge in [-0.15, -0.1) is 0 Å². The van der Waals surface area contributed by atoms with Gasteiger partial charge in [-0.25, -0.2) is 4.57 Å². The highest BCUT2D eigenvalue weighted by Gasteiger charge is 2.13. The lowest BCUT2D eigenvalue weighted by atomic mass is 9.96. The van der Waals surface area contributed by atoms with Crippen LogP contribution in [-0.4, -0.2) is 0 Å². The molecule has 0 saturated heterocycles. The number of hydrogen-bond acceptors (Lipinski definition) is 0. The van der Waals surface area contributed by atoms with E-state index in [0.29, 0.717) is 16.8 Å². The second-order valence-corrected chi connectivity index (χ2v) is 4.25. The average Bonchev–Trinajstić information content (AvgIpc) is 2.51. The summed E-state index contributed by atoms with van der Waals surface area (Å²) >= 11 is 0. The Morgan fingerprint density at radius 3 is 2.78 bits per heavy atom. The van der Waals surface area contributed by atoms with Crippen LogP contribution in [0, 0.1) is 20.6 Å². The second-order valence-electron chi connectivity index (χ2n) is 4.25. The molecule has 0 spiro atoms. The van der Waals surface area contributed by atoms with Gasteiger partial charge in [0.1, 0.15) is 7.05 Å². The molecule has 0 aliphatic rings. The Balaban J connectivity index is 2.78. The van der Waals surface area contributed by atoms with Gasteiger partial charge >= 0.3 is 0 Å². The second kappa shape index (κ2) is 4.93. The molecule has 0 saturated carbocycles. The lowest BCUT2D eigenvalue weighted by Gasteiger charge is -2.10. The van der Waals surface area contributed by atoms with Crippen molar-refractivity contribution in [2.45, 2.75) is 33.9 Å². The van der Waals surface area contributed by atoms with Crippen molar-refractivity contribution in [2.75, 3.05) is 0 Å². The van der Waals surface area contributed by atoms with E-state index in [1.54, 1.807) is 24.6 Å². The maximum atomic E-state index is 8.04. The van der Waals surface area contributed by atoms with Crippen molar-refractivity contribution in [2.24, 2.45) is 7.05 Å². The zero-order valence-electron chi connectivity index (χ0n) is 21.3. The fourth-order valence-electron chi connectivity index (χ4n) is 1.97. The number of rotatable bonds is 2. The van der Waals surface area contributed by atoms with Crippen LogP contribution in [0.25, 0.3) is 11.3 Å². The van der Waals surface area contributed by atoms with E-state index in [1.807, 2.05) is 0 Å². The van der Waals surface area contributed by atoms with Crippen molar-refractivity contribution in [3.8, 4) is 11.3 Å². The van der Waals surface area contributed by atoms with Crippen molar-refractivity contribution < 1.29 is 19.6 Å².